The van der Waals surface area contributed by atoms with Gasteiger partial charge in [0.1, 0.15) is 17.3 Å². The molecule has 3 rings (SSSR count). The van der Waals surface area contributed by atoms with Gasteiger partial charge >= 0.3 is 11.9 Å². The molecule has 0 heterocycles. The maximum absolute atomic E-state index is 12.2. The molecule has 8 nitrogen and oxygen atoms in total. The van der Waals surface area contributed by atoms with Crippen molar-refractivity contribution < 1.29 is 35.1 Å². The number of nitrogens with one attached hydrogen (secondary N) is 1. The summed E-state index contributed by atoms with van der Waals surface area (Å²) in [4.78, 5) is 24.5. The Morgan fingerprint density at radius 2 is 0.781 bits per heavy atom. The Hall–Kier alpha value is -4.72. The molecule has 6 N–H and O–H groups in total. The molecule has 0 atom stereocenters. The number of aliphatic hydroxyl groups excluding tert-OH is 2. The summed E-state index contributed by atoms with van der Waals surface area (Å²) in [5.41, 5.74) is 8.46. The number of anilines is 1. The lowest BCUT2D eigenvalue weighted by atomic mass is 9.77. The fourth-order valence-electron chi connectivity index (χ4n) is 7.65. The van der Waals surface area contributed by atoms with E-state index in [1.807, 2.05) is 31.3 Å². The monoisotopic (exact) mass is 884 g/mol. The molecular formula is C56H85NO7. The lowest BCUT2D eigenvalue weighted by Gasteiger charge is -2.30. The lowest BCUT2D eigenvalue weighted by Crippen LogP contribution is -2.19. The third-order valence-corrected chi connectivity index (χ3v) is 11.9. The zero-order valence-electron chi connectivity index (χ0n) is 43.3. The van der Waals surface area contributed by atoms with Crippen molar-refractivity contribution >= 4 is 29.1 Å². The molecule has 0 amide bonds. The van der Waals surface area contributed by atoms with Crippen molar-refractivity contribution in [1.82, 2.24) is 0 Å². The molecule has 356 valence electrons. The van der Waals surface area contributed by atoms with E-state index >= 15 is 0 Å². The van der Waals surface area contributed by atoms with Crippen molar-refractivity contribution in [2.24, 2.45) is 0 Å². The van der Waals surface area contributed by atoms with Gasteiger partial charge in [0.25, 0.3) is 0 Å². The van der Waals surface area contributed by atoms with Crippen LogP contribution in [0.3, 0.4) is 0 Å². The molecule has 0 fully saturated rings. The zero-order chi connectivity index (χ0) is 49.7. The van der Waals surface area contributed by atoms with Crippen LogP contribution in [-0.4, -0.2) is 44.5 Å². The predicted octanol–water partition coefficient (Wildman–Crippen LogP) is 15.0. The molecule has 0 aliphatic carbocycles. The maximum atomic E-state index is 12.2. The van der Waals surface area contributed by atoms with Crippen LogP contribution in [0.2, 0.25) is 0 Å². The quantitative estimate of drug-likeness (QED) is 0.0599. The molecular weight excluding hydrogens is 799 g/mol. The van der Waals surface area contributed by atoms with Gasteiger partial charge in [-0.2, -0.15) is 0 Å². The maximum Gasteiger partial charge on any atom is 0.335 e. The van der Waals surface area contributed by atoms with Gasteiger partial charge in [0.05, 0.1) is 11.1 Å². The highest BCUT2D eigenvalue weighted by Crippen LogP contribution is 2.45. The zero-order valence-corrected chi connectivity index (χ0v) is 43.3. The summed E-state index contributed by atoms with van der Waals surface area (Å²) >= 11 is 0. The van der Waals surface area contributed by atoms with Crippen molar-refractivity contribution in [1.29, 1.82) is 0 Å². The summed E-state index contributed by atoms with van der Waals surface area (Å²) in [6, 6.07) is 13.8. The second-order valence-electron chi connectivity index (χ2n) is 23.9. The number of carbonyl (C=O) groups is 2. The van der Waals surface area contributed by atoms with E-state index in [2.05, 4.69) is 155 Å². The molecule has 0 spiro atoms. The largest absolute Gasteiger partial charge is 0.507 e. The van der Waals surface area contributed by atoms with E-state index < -0.39 is 11.9 Å². The number of carboxylic acids is 2. The van der Waals surface area contributed by atoms with Gasteiger partial charge in [0.2, 0.25) is 0 Å². The van der Waals surface area contributed by atoms with E-state index in [1.54, 1.807) is 0 Å². The number of carboxylic acid groups (broad SMARTS) is 2. The molecule has 8 heteroatoms. The summed E-state index contributed by atoms with van der Waals surface area (Å²) in [6.45, 7) is 40.0. The number of phenolic OH excluding ortho intramolecular Hbond substituents is 1. The standard InChI is InChI=1S/C40H58O6.C16H27NO/c1-37(2,3)27-19-25(20-28(23-27)38(4,5)6)33(41)31(35(43)44)17-15-13-14-16-18-32(36(45)46)34(42)26-21-29(39(7,8)9)24-30(22-26)40(10,11)12;1-10-9-11(15(2,3)4)14(18)12(13(10)17-8)16(5,6)7/h19-24,41-42H,13-18H2,1-12H3,(H,43,44)(H,45,46);9,17-18H,1-8H3. The van der Waals surface area contributed by atoms with Crippen LogP contribution in [0.1, 0.15) is 213 Å². The second kappa shape index (κ2) is 20.6. The van der Waals surface area contributed by atoms with Crippen LogP contribution in [0.15, 0.2) is 53.6 Å². The number of phenols is 1. The summed E-state index contributed by atoms with van der Waals surface area (Å²) in [6.07, 6.45) is 2.73. The van der Waals surface area contributed by atoms with Crippen LogP contribution in [0.5, 0.6) is 5.75 Å². The third-order valence-electron chi connectivity index (χ3n) is 11.9. The summed E-state index contributed by atoms with van der Waals surface area (Å²) in [5.74, 6) is -2.28. The Bertz CT molecular complexity index is 2020. The van der Waals surface area contributed by atoms with Crippen LogP contribution in [0.25, 0.3) is 11.5 Å². The smallest absolute Gasteiger partial charge is 0.335 e. The molecule has 0 aliphatic heterocycles. The van der Waals surface area contributed by atoms with Gasteiger partial charge in [0, 0.05) is 29.4 Å². The number of aliphatic hydroxyl groups is 2. The Morgan fingerprint density at radius 1 is 0.469 bits per heavy atom. The minimum Gasteiger partial charge on any atom is -0.507 e. The van der Waals surface area contributed by atoms with Crippen molar-refractivity contribution in [2.45, 2.75) is 203 Å². The summed E-state index contributed by atoms with van der Waals surface area (Å²) in [7, 11) is 1.91. The van der Waals surface area contributed by atoms with Gasteiger partial charge in [-0.15, -0.1) is 0 Å². The van der Waals surface area contributed by atoms with Crippen LogP contribution in [0, 0.1) is 6.92 Å². The molecule has 0 unspecified atom stereocenters. The molecule has 0 aliphatic rings. The fourth-order valence-corrected chi connectivity index (χ4v) is 7.65. The average molecular weight is 884 g/mol. The topological polar surface area (TPSA) is 147 Å². The predicted molar refractivity (Wildman–Crippen MR) is 270 cm³/mol. The number of hydrogen-bond donors (Lipinski definition) is 6. The third kappa shape index (κ3) is 14.9. The number of aliphatic carboxylic acids is 2. The van der Waals surface area contributed by atoms with Gasteiger partial charge in [-0.3, -0.25) is 0 Å². The van der Waals surface area contributed by atoms with Gasteiger partial charge in [-0.05, 0) is 129 Å². The van der Waals surface area contributed by atoms with Gasteiger partial charge in [-0.1, -0.05) is 150 Å². The van der Waals surface area contributed by atoms with Crippen LogP contribution in [0.4, 0.5) is 5.69 Å². The van der Waals surface area contributed by atoms with E-state index in [1.165, 1.54) is 5.56 Å². The van der Waals surface area contributed by atoms with Gasteiger partial charge < -0.3 is 30.8 Å². The SMILES string of the molecule is CC(C)(C)c1cc(C(O)=C(CCCCCCC(C(=O)O)=C(O)c2cc(C(C)(C)C)cc(C(C)(C)C)c2)C(=O)O)cc(C(C)(C)C)c1.CNc1c(C)cc(C(C)(C)C)c(O)c1C(C)(C)C. The summed E-state index contributed by atoms with van der Waals surface area (Å²) < 4.78 is 0. The minimum absolute atomic E-state index is 0.0249. The van der Waals surface area contributed by atoms with Crippen molar-refractivity contribution in [3.05, 3.63) is 104 Å². The van der Waals surface area contributed by atoms with Crippen LogP contribution >= 0.6 is 0 Å². The van der Waals surface area contributed by atoms with E-state index in [4.69, 9.17) is 0 Å². The minimum atomic E-state index is -1.15. The highest BCUT2D eigenvalue weighted by atomic mass is 16.4. The molecule has 64 heavy (non-hydrogen) atoms. The molecule has 3 aromatic rings. The highest BCUT2D eigenvalue weighted by molar-refractivity contribution is 5.95. The Kier molecular flexibility index (Phi) is 17.9. The second-order valence-corrected chi connectivity index (χ2v) is 23.9. The Labute approximate surface area is 387 Å². The van der Waals surface area contributed by atoms with Crippen molar-refractivity contribution in [3.8, 4) is 5.75 Å². The molecule has 0 saturated carbocycles. The lowest BCUT2D eigenvalue weighted by molar-refractivity contribution is -0.133. The van der Waals surface area contributed by atoms with Crippen LogP contribution < -0.4 is 5.32 Å². The molecule has 0 radical (unpaired) electrons. The molecule has 0 aromatic heterocycles. The number of aromatic hydroxyl groups is 1. The first kappa shape index (κ1) is 55.4. The van der Waals surface area contributed by atoms with Crippen molar-refractivity contribution in [2.75, 3.05) is 12.4 Å². The van der Waals surface area contributed by atoms with Crippen molar-refractivity contribution in [3.63, 3.8) is 0 Å². The summed E-state index contributed by atoms with van der Waals surface area (Å²) in [5, 5.41) is 56.2. The number of benzene rings is 3. The first-order valence-electron chi connectivity index (χ1n) is 23.0. The van der Waals surface area contributed by atoms with E-state index in [-0.39, 0.29) is 68.0 Å². The van der Waals surface area contributed by atoms with E-state index in [0.717, 1.165) is 39.1 Å². The fraction of sp³-hybridized carbons (Fsp3) is 0.571. The van der Waals surface area contributed by atoms with Gasteiger partial charge in [0.15, 0.2) is 0 Å². The number of rotatable bonds is 12. The Morgan fingerprint density at radius 3 is 1.02 bits per heavy atom. The van der Waals surface area contributed by atoms with E-state index in [0.29, 0.717) is 42.6 Å². The van der Waals surface area contributed by atoms with E-state index in [9.17, 15) is 35.1 Å². The number of hydrogen-bond acceptors (Lipinski definition) is 6. The number of unbranched alkanes of at least 4 members (excludes halogenated alkanes) is 3. The average Bonchev–Trinajstić information content (AvgIpc) is 3.13. The normalized spacial score (nSPS) is 13.7. The first-order chi connectivity index (χ1) is 28.8. The molecule has 0 saturated heterocycles. The number of aryl methyl sites for hydroxylation is 1. The molecule has 0 bridgehead atoms. The van der Waals surface area contributed by atoms with Gasteiger partial charge in [-0.25, -0.2) is 9.59 Å². The van der Waals surface area contributed by atoms with Crippen LogP contribution in [-0.2, 0) is 42.1 Å². The molecule has 3 aromatic carbocycles. The first-order valence-corrected chi connectivity index (χ1v) is 23.0. The Balaban J connectivity index is 0.000000651. The highest BCUT2D eigenvalue weighted by Gasteiger charge is 2.30.